The Morgan fingerprint density at radius 3 is 2.81 bits per heavy atom. The van der Waals surface area contributed by atoms with E-state index in [1.54, 1.807) is 0 Å². The summed E-state index contributed by atoms with van der Waals surface area (Å²) in [6, 6.07) is 1.43. The summed E-state index contributed by atoms with van der Waals surface area (Å²) in [5.41, 5.74) is 0.109. The Morgan fingerprint density at radius 2 is 2.31 bits per heavy atom. The van der Waals surface area contributed by atoms with Crippen molar-refractivity contribution in [1.82, 2.24) is 4.98 Å². The summed E-state index contributed by atoms with van der Waals surface area (Å²) in [4.78, 5) is 16.7. The zero-order valence-corrected chi connectivity index (χ0v) is 10.2. The standard InChI is InChI=1S/C11H15ClN2O2/c1-3-4-5-14(2)10-9(12)6-8(7-13-10)11(15)16/h6-7H,3-5H2,1-2H3,(H,15,16). The van der Waals surface area contributed by atoms with Gasteiger partial charge in [0.05, 0.1) is 10.6 Å². The Kier molecular flexibility index (Phi) is 4.55. The molecule has 0 unspecified atom stereocenters. The molecule has 0 spiro atoms. The minimum Gasteiger partial charge on any atom is -0.478 e. The number of nitrogens with zero attached hydrogens (tertiary/aromatic N) is 2. The van der Waals surface area contributed by atoms with Crippen LogP contribution in [0.25, 0.3) is 0 Å². The highest BCUT2D eigenvalue weighted by Crippen LogP contribution is 2.23. The SMILES string of the molecule is CCCCN(C)c1ncc(C(=O)O)cc1Cl. The molecule has 0 aliphatic carbocycles. The molecule has 5 heteroatoms. The lowest BCUT2D eigenvalue weighted by Crippen LogP contribution is -2.20. The number of hydrogen-bond donors (Lipinski definition) is 1. The number of carboxylic acids is 1. The first-order chi connectivity index (χ1) is 7.56. The van der Waals surface area contributed by atoms with Crippen molar-refractivity contribution in [3.63, 3.8) is 0 Å². The fraction of sp³-hybridized carbons (Fsp3) is 0.455. The number of halogens is 1. The maximum atomic E-state index is 10.7. The van der Waals surface area contributed by atoms with Crippen LogP contribution in [-0.4, -0.2) is 29.7 Å². The summed E-state index contributed by atoms with van der Waals surface area (Å²) in [6.45, 7) is 2.96. The van der Waals surface area contributed by atoms with E-state index in [4.69, 9.17) is 16.7 Å². The molecule has 16 heavy (non-hydrogen) atoms. The summed E-state index contributed by atoms with van der Waals surface area (Å²) >= 11 is 5.98. The fourth-order valence-corrected chi connectivity index (χ4v) is 1.64. The number of aromatic nitrogens is 1. The second-order valence-electron chi connectivity index (χ2n) is 3.61. The summed E-state index contributed by atoms with van der Waals surface area (Å²) in [7, 11) is 1.89. The Balaban J connectivity index is 2.85. The van der Waals surface area contributed by atoms with Gasteiger partial charge in [-0.1, -0.05) is 24.9 Å². The Labute approximate surface area is 99.9 Å². The van der Waals surface area contributed by atoms with E-state index in [1.807, 2.05) is 11.9 Å². The van der Waals surface area contributed by atoms with Gasteiger partial charge in [-0.15, -0.1) is 0 Å². The molecular weight excluding hydrogens is 228 g/mol. The lowest BCUT2D eigenvalue weighted by molar-refractivity contribution is 0.0696. The van der Waals surface area contributed by atoms with Gasteiger partial charge in [-0.2, -0.15) is 0 Å². The molecular formula is C11H15ClN2O2. The molecule has 0 atom stereocenters. The number of carboxylic acid groups (broad SMARTS) is 1. The zero-order chi connectivity index (χ0) is 12.1. The average molecular weight is 243 g/mol. The van der Waals surface area contributed by atoms with Crippen LogP contribution in [0.15, 0.2) is 12.3 Å². The minimum absolute atomic E-state index is 0.109. The summed E-state index contributed by atoms with van der Waals surface area (Å²) < 4.78 is 0. The van der Waals surface area contributed by atoms with Gasteiger partial charge in [0.2, 0.25) is 0 Å². The number of pyridine rings is 1. The first-order valence-corrected chi connectivity index (χ1v) is 5.54. The Morgan fingerprint density at radius 1 is 1.62 bits per heavy atom. The van der Waals surface area contributed by atoms with Crippen molar-refractivity contribution < 1.29 is 9.90 Å². The van der Waals surface area contributed by atoms with E-state index < -0.39 is 5.97 Å². The molecule has 88 valence electrons. The third-order valence-electron chi connectivity index (χ3n) is 2.28. The molecule has 0 bridgehead atoms. The van der Waals surface area contributed by atoms with Gasteiger partial charge in [0.25, 0.3) is 0 Å². The van der Waals surface area contributed by atoms with E-state index in [2.05, 4.69) is 11.9 Å². The lowest BCUT2D eigenvalue weighted by Gasteiger charge is -2.18. The molecule has 1 aromatic rings. The Bertz CT molecular complexity index is 382. The quantitative estimate of drug-likeness (QED) is 0.863. The number of hydrogen-bond acceptors (Lipinski definition) is 3. The second kappa shape index (κ2) is 5.70. The van der Waals surface area contributed by atoms with Crippen molar-refractivity contribution in [2.45, 2.75) is 19.8 Å². The highest BCUT2D eigenvalue weighted by atomic mass is 35.5. The summed E-state index contributed by atoms with van der Waals surface area (Å²) in [5.74, 6) is -0.391. The van der Waals surface area contributed by atoms with E-state index >= 15 is 0 Å². The average Bonchev–Trinajstić information content (AvgIpc) is 2.25. The fourth-order valence-electron chi connectivity index (χ4n) is 1.33. The molecule has 1 aromatic heterocycles. The number of carbonyl (C=O) groups is 1. The van der Waals surface area contributed by atoms with E-state index in [9.17, 15) is 4.79 Å². The monoisotopic (exact) mass is 242 g/mol. The molecule has 0 aromatic carbocycles. The molecule has 1 rings (SSSR count). The predicted molar refractivity (Wildman–Crippen MR) is 64.4 cm³/mol. The van der Waals surface area contributed by atoms with Gasteiger partial charge < -0.3 is 10.0 Å². The maximum absolute atomic E-state index is 10.7. The van der Waals surface area contributed by atoms with Gasteiger partial charge in [-0.25, -0.2) is 9.78 Å². The highest BCUT2D eigenvalue weighted by molar-refractivity contribution is 6.33. The first-order valence-electron chi connectivity index (χ1n) is 5.16. The highest BCUT2D eigenvalue weighted by Gasteiger charge is 2.11. The topological polar surface area (TPSA) is 53.4 Å². The van der Waals surface area contributed by atoms with Gasteiger partial charge >= 0.3 is 5.97 Å². The lowest BCUT2D eigenvalue weighted by atomic mass is 10.2. The van der Waals surface area contributed by atoms with Gasteiger partial charge in [0, 0.05) is 19.8 Å². The maximum Gasteiger partial charge on any atom is 0.337 e. The van der Waals surface area contributed by atoms with Crippen LogP contribution in [0.2, 0.25) is 5.02 Å². The largest absolute Gasteiger partial charge is 0.478 e. The van der Waals surface area contributed by atoms with Crippen LogP contribution in [0.1, 0.15) is 30.1 Å². The molecule has 4 nitrogen and oxygen atoms in total. The molecule has 0 saturated carbocycles. The summed E-state index contributed by atoms with van der Waals surface area (Å²) in [6.07, 6.45) is 3.47. The van der Waals surface area contributed by atoms with Gasteiger partial charge in [-0.05, 0) is 12.5 Å². The Hall–Kier alpha value is -1.29. The number of anilines is 1. The molecule has 0 aliphatic heterocycles. The van der Waals surface area contributed by atoms with E-state index in [-0.39, 0.29) is 5.56 Å². The number of rotatable bonds is 5. The third kappa shape index (κ3) is 3.10. The van der Waals surface area contributed by atoms with Crippen molar-refractivity contribution in [2.75, 3.05) is 18.5 Å². The van der Waals surface area contributed by atoms with Crippen molar-refractivity contribution in [2.24, 2.45) is 0 Å². The van der Waals surface area contributed by atoms with E-state index in [1.165, 1.54) is 12.3 Å². The van der Waals surface area contributed by atoms with Crippen LogP contribution in [0.3, 0.4) is 0 Å². The van der Waals surface area contributed by atoms with Gasteiger partial charge in [0.1, 0.15) is 5.82 Å². The van der Waals surface area contributed by atoms with Crippen LogP contribution in [0.5, 0.6) is 0 Å². The van der Waals surface area contributed by atoms with E-state index in [0.717, 1.165) is 19.4 Å². The molecule has 1 N–H and O–H groups in total. The summed E-state index contributed by atoms with van der Waals surface area (Å²) in [5, 5.41) is 9.14. The van der Waals surface area contributed by atoms with Crippen LogP contribution in [0.4, 0.5) is 5.82 Å². The minimum atomic E-state index is -1.02. The molecule has 1 heterocycles. The van der Waals surface area contributed by atoms with Crippen molar-refractivity contribution in [3.8, 4) is 0 Å². The second-order valence-corrected chi connectivity index (χ2v) is 4.02. The van der Waals surface area contributed by atoms with Crippen molar-refractivity contribution in [1.29, 1.82) is 0 Å². The van der Waals surface area contributed by atoms with Crippen LogP contribution in [0, 0.1) is 0 Å². The first kappa shape index (κ1) is 12.8. The van der Waals surface area contributed by atoms with Gasteiger partial charge in [0.15, 0.2) is 0 Å². The predicted octanol–water partition coefficient (Wildman–Crippen LogP) is 2.67. The molecule has 0 aliphatic rings. The normalized spacial score (nSPS) is 10.2. The third-order valence-corrected chi connectivity index (χ3v) is 2.56. The smallest absolute Gasteiger partial charge is 0.337 e. The van der Waals surface area contributed by atoms with Crippen molar-refractivity contribution in [3.05, 3.63) is 22.8 Å². The van der Waals surface area contributed by atoms with Gasteiger partial charge in [-0.3, -0.25) is 0 Å². The van der Waals surface area contributed by atoms with E-state index in [0.29, 0.717) is 10.8 Å². The van der Waals surface area contributed by atoms with Crippen LogP contribution >= 0.6 is 11.6 Å². The van der Waals surface area contributed by atoms with Crippen LogP contribution in [-0.2, 0) is 0 Å². The molecule has 0 amide bonds. The zero-order valence-electron chi connectivity index (χ0n) is 9.40. The molecule has 0 saturated heterocycles. The number of aromatic carboxylic acids is 1. The molecule has 0 radical (unpaired) electrons. The molecule has 0 fully saturated rings. The van der Waals surface area contributed by atoms with Crippen LogP contribution < -0.4 is 4.90 Å². The van der Waals surface area contributed by atoms with Crippen molar-refractivity contribution >= 4 is 23.4 Å². The number of unbranched alkanes of at least 4 members (excludes halogenated alkanes) is 1.